The molecule has 32 heavy (non-hydrogen) atoms. The molecular weight excluding hydrogens is 458 g/mol. The van der Waals surface area contributed by atoms with Gasteiger partial charge in [0.2, 0.25) is 0 Å². The number of nitriles is 1. The zero-order chi connectivity index (χ0) is 22.1. The van der Waals surface area contributed by atoms with Crippen LogP contribution in [0.1, 0.15) is 10.6 Å². The van der Waals surface area contributed by atoms with E-state index in [0.717, 1.165) is 37.9 Å². The first kappa shape index (κ1) is 20.7. The smallest absolute Gasteiger partial charge is 0.137 e. The lowest BCUT2D eigenvalue weighted by Gasteiger charge is -2.25. The van der Waals surface area contributed by atoms with E-state index in [2.05, 4.69) is 16.4 Å². The van der Waals surface area contributed by atoms with Crippen LogP contribution in [0.2, 0.25) is 5.02 Å². The molecule has 0 aliphatic carbocycles. The molecule has 1 aliphatic heterocycles. The van der Waals surface area contributed by atoms with Crippen molar-refractivity contribution in [2.45, 2.75) is 0 Å². The minimum atomic E-state index is 0.541. The molecule has 4 aromatic rings. The van der Waals surface area contributed by atoms with Crippen LogP contribution in [0.4, 0.5) is 5.69 Å². The summed E-state index contributed by atoms with van der Waals surface area (Å²) in [6.07, 6.45) is 0. The van der Waals surface area contributed by atoms with Crippen molar-refractivity contribution in [3.8, 4) is 11.8 Å². The van der Waals surface area contributed by atoms with E-state index in [0.29, 0.717) is 15.6 Å². The van der Waals surface area contributed by atoms with Gasteiger partial charge in [0.1, 0.15) is 27.4 Å². The van der Waals surface area contributed by atoms with Crippen LogP contribution in [-0.4, -0.2) is 12.1 Å². The van der Waals surface area contributed by atoms with Gasteiger partial charge in [0.15, 0.2) is 0 Å². The molecule has 0 saturated heterocycles. The van der Waals surface area contributed by atoms with Crippen LogP contribution in [-0.2, 0) is 0 Å². The van der Waals surface area contributed by atoms with Crippen molar-refractivity contribution in [2.24, 2.45) is 0 Å². The molecule has 1 aromatic heterocycles. The van der Waals surface area contributed by atoms with E-state index in [1.165, 1.54) is 23.1 Å². The number of nitrogens with zero attached hydrogens (tertiary/aromatic N) is 3. The third-order valence-electron chi connectivity index (χ3n) is 5.01. The number of anilines is 1. The van der Waals surface area contributed by atoms with Gasteiger partial charge in [-0.15, -0.1) is 11.3 Å². The number of fused-ring (bicyclic) bond motifs is 1. The fourth-order valence-electron chi connectivity index (χ4n) is 3.49. The van der Waals surface area contributed by atoms with E-state index in [4.69, 9.17) is 21.3 Å². The summed E-state index contributed by atoms with van der Waals surface area (Å²) >= 11 is 9.16. The maximum Gasteiger partial charge on any atom is 0.137 e. The molecule has 2 heterocycles. The zero-order valence-electron chi connectivity index (χ0n) is 16.9. The topological polar surface area (TPSA) is 49.1 Å². The number of benzene rings is 3. The number of para-hydroxylation sites is 1. The monoisotopic (exact) mass is 473 g/mol. The Morgan fingerprint density at radius 2 is 1.88 bits per heavy atom. The Bertz CT molecular complexity index is 1380. The van der Waals surface area contributed by atoms with Crippen molar-refractivity contribution >= 4 is 61.9 Å². The van der Waals surface area contributed by atoms with Crippen LogP contribution >= 0.6 is 34.7 Å². The maximum absolute atomic E-state index is 10.2. The highest BCUT2D eigenvalue weighted by molar-refractivity contribution is 8.06. The van der Waals surface area contributed by atoms with Gasteiger partial charge in [-0.1, -0.05) is 53.7 Å². The largest absolute Gasteiger partial charge is 0.497 e. The van der Waals surface area contributed by atoms with Crippen molar-refractivity contribution in [1.82, 2.24) is 4.98 Å². The van der Waals surface area contributed by atoms with E-state index < -0.39 is 0 Å². The summed E-state index contributed by atoms with van der Waals surface area (Å²) in [5, 5.41) is 14.4. The molecule has 0 N–H and O–H groups in total. The van der Waals surface area contributed by atoms with Gasteiger partial charge >= 0.3 is 0 Å². The number of methoxy groups -OCH3 is 1. The van der Waals surface area contributed by atoms with E-state index >= 15 is 0 Å². The van der Waals surface area contributed by atoms with E-state index in [1.807, 2.05) is 72.8 Å². The molecule has 3 aromatic carbocycles. The first-order valence-corrected chi connectivity index (χ1v) is 11.8. The highest BCUT2D eigenvalue weighted by Crippen LogP contribution is 2.47. The molecule has 4 nitrogen and oxygen atoms in total. The van der Waals surface area contributed by atoms with Gasteiger partial charge in [0, 0.05) is 16.5 Å². The number of allylic oxidation sites excluding steroid dienone is 1. The second-order valence-corrected chi connectivity index (χ2v) is 9.27. The van der Waals surface area contributed by atoms with E-state index in [1.54, 1.807) is 7.11 Å². The van der Waals surface area contributed by atoms with Crippen LogP contribution in [0.25, 0.3) is 21.5 Å². The summed E-state index contributed by atoms with van der Waals surface area (Å²) in [6, 6.07) is 25.8. The molecular formula is C25H16ClN3OS2. The highest BCUT2D eigenvalue weighted by atomic mass is 35.5. The molecule has 0 radical (unpaired) electrons. The summed E-state index contributed by atoms with van der Waals surface area (Å²) in [4.78, 5) is 6.82. The molecule has 0 saturated carbocycles. The van der Waals surface area contributed by atoms with Crippen molar-refractivity contribution in [3.05, 3.63) is 98.8 Å². The molecule has 1 aliphatic rings. The number of thiazole rings is 1. The Morgan fingerprint density at radius 3 is 2.62 bits per heavy atom. The molecule has 0 amide bonds. The fourth-order valence-corrected chi connectivity index (χ4v) is 5.67. The number of rotatable bonds is 4. The average molecular weight is 474 g/mol. The number of halogens is 1. The van der Waals surface area contributed by atoms with E-state index in [9.17, 15) is 5.26 Å². The third-order valence-corrected chi connectivity index (χ3v) is 7.27. The number of ether oxygens (including phenoxy) is 1. The number of aromatic nitrogens is 1. The summed E-state index contributed by atoms with van der Waals surface area (Å²) in [5.74, 6) is 0.743. The molecule has 0 atom stereocenters. The van der Waals surface area contributed by atoms with Crippen LogP contribution in [0, 0.1) is 11.3 Å². The quantitative estimate of drug-likeness (QED) is 0.289. The predicted octanol–water partition coefficient (Wildman–Crippen LogP) is 7.40. The highest BCUT2D eigenvalue weighted by Gasteiger charge is 2.29. The van der Waals surface area contributed by atoms with Gasteiger partial charge in [-0.25, -0.2) is 4.98 Å². The number of hydrogen-bond donors (Lipinski definition) is 0. The van der Waals surface area contributed by atoms with Crippen LogP contribution < -0.4 is 9.64 Å². The van der Waals surface area contributed by atoms with Crippen molar-refractivity contribution in [1.29, 1.82) is 5.26 Å². The lowest BCUT2D eigenvalue weighted by molar-refractivity contribution is 0.415. The Hall–Kier alpha value is -3.24. The Balaban J connectivity index is 1.69. The van der Waals surface area contributed by atoms with Gasteiger partial charge in [0.25, 0.3) is 0 Å². The van der Waals surface area contributed by atoms with Gasteiger partial charge in [-0.05, 0) is 42.0 Å². The van der Waals surface area contributed by atoms with Gasteiger partial charge in [-0.2, -0.15) is 5.26 Å². The second kappa shape index (κ2) is 8.71. The van der Waals surface area contributed by atoms with E-state index in [-0.39, 0.29) is 0 Å². The fraction of sp³-hybridized carbons (Fsp3) is 0.0400. The SMILES string of the molecule is COc1cccc(N2C(c3ccc(Cl)cc3)=CS/C2=C(\C#N)c2nc3ccccc3s2)c1. The van der Waals surface area contributed by atoms with Crippen molar-refractivity contribution in [2.75, 3.05) is 12.0 Å². The minimum Gasteiger partial charge on any atom is -0.497 e. The van der Waals surface area contributed by atoms with Crippen molar-refractivity contribution in [3.63, 3.8) is 0 Å². The first-order valence-electron chi connectivity index (χ1n) is 9.75. The molecule has 5 rings (SSSR count). The van der Waals surface area contributed by atoms with Crippen molar-refractivity contribution < 1.29 is 4.74 Å². The zero-order valence-corrected chi connectivity index (χ0v) is 19.3. The number of hydrogen-bond acceptors (Lipinski definition) is 6. The lowest BCUT2D eigenvalue weighted by atomic mass is 10.1. The lowest BCUT2D eigenvalue weighted by Crippen LogP contribution is -2.17. The molecule has 7 heteroatoms. The maximum atomic E-state index is 10.2. The summed E-state index contributed by atoms with van der Waals surface area (Å²) in [6.45, 7) is 0. The van der Waals surface area contributed by atoms with Gasteiger partial charge in [-0.3, -0.25) is 0 Å². The molecule has 156 valence electrons. The second-order valence-electron chi connectivity index (χ2n) is 6.94. The summed E-state index contributed by atoms with van der Waals surface area (Å²) in [7, 11) is 1.65. The minimum absolute atomic E-state index is 0.541. The Labute approximate surface area is 199 Å². The van der Waals surface area contributed by atoms with Crippen LogP contribution in [0.15, 0.2) is 83.2 Å². The van der Waals surface area contributed by atoms with Gasteiger partial charge < -0.3 is 9.64 Å². The first-order chi connectivity index (χ1) is 15.7. The van der Waals surface area contributed by atoms with Crippen LogP contribution in [0.5, 0.6) is 5.75 Å². The Morgan fingerprint density at radius 1 is 1.06 bits per heavy atom. The normalized spacial score (nSPS) is 14.9. The molecule has 0 fully saturated rings. The molecule has 0 unspecified atom stereocenters. The average Bonchev–Trinajstić information content (AvgIpc) is 3.45. The standard InChI is InChI=1S/C25H16ClN3OS2/c1-30-19-6-4-5-18(13-19)29-22(16-9-11-17(26)12-10-16)15-31-25(29)20(14-27)24-28-21-7-2-3-8-23(21)32-24/h2-13,15H,1H3/b25-20+. The molecule has 0 bridgehead atoms. The van der Waals surface area contributed by atoms with Crippen LogP contribution in [0.3, 0.4) is 0 Å². The van der Waals surface area contributed by atoms with Gasteiger partial charge in [0.05, 0.1) is 28.7 Å². The third kappa shape index (κ3) is 3.76. The molecule has 0 spiro atoms. The Kier molecular flexibility index (Phi) is 5.62. The summed E-state index contributed by atoms with van der Waals surface area (Å²) < 4.78 is 6.51. The number of thioether (sulfide) groups is 1. The summed E-state index contributed by atoms with van der Waals surface area (Å²) in [5.41, 5.74) is 4.30. The predicted molar refractivity (Wildman–Crippen MR) is 135 cm³/mol.